The average molecular weight is 264 g/mol. The summed E-state index contributed by atoms with van der Waals surface area (Å²) in [5.74, 6) is -0.214. The standard InChI is InChI=1S/C13H9NO3.ClH/c15-13(10-5-2-1-3-6-10)11-7-4-8-12(9-11)14(16)17;/h1-9H;1H. The van der Waals surface area contributed by atoms with Gasteiger partial charge in [-0.15, -0.1) is 12.4 Å². The van der Waals surface area contributed by atoms with Gasteiger partial charge in [-0.3, -0.25) is 14.9 Å². The molecule has 0 spiro atoms. The molecule has 5 heteroatoms. The van der Waals surface area contributed by atoms with E-state index in [0.29, 0.717) is 11.1 Å². The molecule has 18 heavy (non-hydrogen) atoms. The number of hydrogen-bond acceptors (Lipinski definition) is 3. The lowest BCUT2D eigenvalue weighted by Crippen LogP contribution is -2.01. The molecule has 0 heterocycles. The summed E-state index contributed by atoms with van der Waals surface area (Å²) in [7, 11) is 0. The van der Waals surface area contributed by atoms with Crippen molar-refractivity contribution in [1.82, 2.24) is 0 Å². The molecule has 0 aliphatic heterocycles. The molecule has 0 N–H and O–H groups in total. The van der Waals surface area contributed by atoms with Crippen LogP contribution in [0.4, 0.5) is 5.69 Å². The van der Waals surface area contributed by atoms with E-state index in [9.17, 15) is 14.9 Å². The van der Waals surface area contributed by atoms with Crippen LogP contribution < -0.4 is 0 Å². The summed E-state index contributed by atoms with van der Waals surface area (Å²) >= 11 is 0. The minimum Gasteiger partial charge on any atom is -0.289 e. The van der Waals surface area contributed by atoms with Gasteiger partial charge in [-0.2, -0.15) is 0 Å². The number of nitrogens with zero attached hydrogens (tertiary/aromatic N) is 1. The van der Waals surface area contributed by atoms with Gasteiger partial charge < -0.3 is 0 Å². The fourth-order valence-corrected chi connectivity index (χ4v) is 1.52. The second-order valence-electron chi connectivity index (χ2n) is 3.50. The zero-order chi connectivity index (χ0) is 12.3. The topological polar surface area (TPSA) is 60.2 Å². The number of carbonyl (C=O) groups excluding carboxylic acids is 1. The Kier molecular flexibility index (Phi) is 4.57. The van der Waals surface area contributed by atoms with Crippen LogP contribution in [-0.2, 0) is 0 Å². The largest absolute Gasteiger partial charge is 0.289 e. The molecule has 92 valence electrons. The highest BCUT2D eigenvalue weighted by Gasteiger charge is 2.12. The van der Waals surface area contributed by atoms with Crippen LogP contribution in [-0.4, -0.2) is 10.7 Å². The fourth-order valence-electron chi connectivity index (χ4n) is 1.52. The van der Waals surface area contributed by atoms with Crippen LogP contribution in [0.15, 0.2) is 54.6 Å². The van der Waals surface area contributed by atoms with Gasteiger partial charge in [0.1, 0.15) is 0 Å². The van der Waals surface area contributed by atoms with Gasteiger partial charge in [0.15, 0.2) is 5.78 Å². The molecule has 0 amide bonds. The smallest absolute Gasteiger partial charge is 0.270 e. The number of non-ortho nitro benzene ring substituents is 1. The van der Waals surface area contributed by atoms with Crippen molar-refractivity contribution in [2.45, 2.75) is 0 Å². The zero-order valence-corrected chi connectivity index (χ0v) is 10.1. The Hall–Kier alpha value is -2.20. The van der Waals surface area contributed by atoms with E-state index in [0.717, 1.165) is 0 Å². The molecule has 0 radical (unpaired) electrons. The summed E-state index contributed by atoms with van der Waals surface area (Å²) in [5, 5.41) is 10.6. The molecule has 0 saturated carbocycles. The monoisotopic (exact) mass is 263 g/mol. The van der Waals surface area contributed by atoms with Crippen molar-refractivity contribution in [3.05, 3.63) is 75.8 Å². The Labute approximate surface area is 110 Å². The average Bonchev–Trinajstić information content (AvgIpc) is 2.39. The molecule has 0 fully saturated rings. The van der Waals surface area contributed by atoms with E-state index in [1.165, 1.54) is 18.2 Å². The van der Waals surface area contributed by atoms with Gasteiger partial charge in [0.05, 0.1) is 4.92 Å². The second-order valence-corrected chi connectivity index (χ2v) is 3.50. The fraction of sp³-hybridized carbons (Fsp3) is 0. The third kappa shape index (κ3) is 2.93. The summed E-state index contributed by atoms with van der Waals surface area (Å²) in [4.78, 5) is 22.1. The number of benzene rings is 2. The molecule has 0 saturated heterocycles. The van der Waals surface area contributed by atoms with E-state index < -0.39 is 4.92 Å². The van der Waals surface area contributed by atoms with Crippen LogP contribution in [0.5, 0.6) is 0 Å². The van der Waals surface area contributed by atoms with E-state index >= 15 is 0 Å². The van der Waals surface area contributed by atoms with Crippen LogP contribution in [0.3, 0.4) is 0 Å². The van der Waals surface area contributed by atoms with Crippen LogP contribution in [0.2, 0.25) is 0 Å². The van der Waals surface area contributed by atoms with Crippen molar-refractivity contribution in [3.63, 3.8) is 0 Å². The van der Waals surface area contributed by atoms with Gasteiger partial charge in [0.25, 0.3) is 5.69 Å². The van der Waals surface area contributed by atoms with Gasteiger partial charge in [0.2, 0.25) is 0 Å². The van der Waals surface area contributed by atoms with Crippen LogP contribution >= 0.6 is 12.4 Å². The number of ketones is 1. The van der Waals surface area contributed by atoms with E-state index in [-0.39, 0.29) is 23.9 Å². The van der Waals surface area contributed by atoms with Gasteiger partial charge >= 0.3 is 0 Å². The molecule has 0 bridgehead atoms. The first-order chi connectivity index (χ1) is 8.18. The molecule has 0 aromatic heterocycles. The molecular weight excluding hydrogens is 254 g/mol. The molecule has 0 atom stereocenters. The first kappa shape index (κ1) is 13.9. The van der Waals surface area contributed by atoms with Crippen LogP contribution in [0.25, 0.3) is 0 Å². The Morgan fingerprint density at radius 3 is 2.17 bits per heavy atom. The Morgan fingerprint density at radius 1 is 0.944 bits per heavy atom. The highest BCUT2D eigenvalue weighted by atomic mass is 35.5. The maximum Gasteiger partial charge on any atom is 0.270 e. The zero-order valence-electron chi connectivity index (χ0n) is 9.28. The summed E-state index contributed by atoms with van der Waals surface area (Å²) in [6.45, 7) is 0. The van der Waals surface area contributed by atoms with E-state index in [1.807, 2.05) is 6.07 Å². The first-order valence-corrected chi connectivity index (χ1v) is 5.02. The predicted octanol–water partition coefficient (Wildman–Crippen LogP) is 3.25. The first-order valence-electron chi connectivity index (χ1n) is 5.02. The third-order valence-electron chi connectivity index (χ3n) is 2.36. The maximum absolute atomic E-state index is 12.0. The second kappa shape index (κ2) is 5.93. The van der Waals surface area contributed by atoms with Crippen molar-refractivity contribution < 1.29 is 9.72 Å². The van der Waals surface area contributed by atoms with Crippen LogP contribution in [0, 0.1) is 10.1 Å². The van der Waals surface area contributed by atoms with Crippen molar-refractivity contribution in [1.29, 1.82) is 0 Å². The number of nitro benzene ring substituents is 1. The van der Waals surface area contributed by atoms with E-state index in [2.05, 4.69) is 0 Å². The molecule has 0 aliphatic rings. The van der Waals surface area contributed by atoms with Gasteiger partial charge in [0, 0.05) is 23.3 Å². The Balaban J connectivity index is 0.00000162. The molecule has 2 aromatic rings. The lowest BCUT2D eigenvalue weighted by Gasteiger charge is -2.00. The lowest BCUT2D eigenvalue weighted by molar-refractivity contribution is -0.384. The van der Waals surface area contributed by atoms with Crippen molar-refractivity contribution in [3.8, 4) is 0 Å². The van der Waals surface area contributed by atoms with Crippen LogP contribution in [0.1, 0.15) is 15.9 Å². The van der Waals surface area contributed by atoms with E-state index in [1.54, 1.807) is 30.3 Å². The third-order valence-corrected chi connectivity index (χ3v) is 2.36. The molecule has 4 nitrogen and oxygen atoms in total. The lowest BCUT2D eigenvalue weighted by atomic mass is 10.0. The summed E-state index contributed by atoms with van der Waals surface area (Å²) in [6, 6.07) is 14.4. The highest BCUT2D eigenvalue weighted by Crippen LogP contribution is 2.16. The SMILES string of the molecule is Cl.O=C(c1ccccc1)c1cccc([N+](=O)[O-])c1. The number of hydrogen-bond donors (Lipinski definition) is 0. The van der Waals surface area contributed by atoms with E-state index in [4.69, 9.17) is 0 Å². The van der Waals surface area contributed by atoms with Gasteiger partial charge in [-0.25, -0.2) is 0 Å². The molecule has 0 unspecified atom stereocenters. The Morgan fingerprint density at radius 2 is 1.56 bits per heavy atom. The minimum atomic E-state index is -0.512. The number of halogens is 1. The quantitative estimate of drug-likeness (QED) is 0.485. The number of carbonyl (C=O) groups is 1. The van der Waals surface area contributed by atoms with Gasteiger partial charge in [-0.1, -0.05) is 42.5 Å². The number of nitro groups is 1. The van der Waals surface area contributed by atoms with Gasteiger partial charge in [-0.05, 0) is 0 Å². The number of rotatable bonds is 3. The minimum absolute atomic E-state index is 0. The van der Waals surface area contributed by atoms with Crippen molar-refractivity contribution in [2.75, 3.05) is 0 Å². The molecule has 2 rings (SSSR count). The van der Waals surface area contributed by atoms with Crippen molar-refractivity contribution >= 4 is 23.9 Å². The predicted molar refractivity (Wildman–Crippen MR) is 70.2 cm³/mol. The summed E-state index contributed by atoms with van der Waals surface area (Å²) in [5.41, 5.74) is 0.769. The van der Waals surface area contributed by atoms with Crippen molar-refractivity contribution in [2.24, 2.45) is 0 Å². The summed E-state index contributed by atoms with van der Waals surface area (Å²) in [6.07, 6.45) is 0. The maximum atomic E-state index is 12.0. The Bertz CT molecular complexity index is 569. The highest BCUT2D eigenvalue weighted by molar-refractivity contribution is 6.09. The normalized spacial score (nSPS) is 9.33. The molecule has 0 aliphatic carbocycles. The summed E-state index contributed by atoms with van der Waals surface area (Å²) < 4.78 is 0. The molecule has 2 aromatic carbocycles. The molecular formula is C13H10ClNO3.